The number of nitrogens with one attached hydrogen (secondary N) is 1. The van der Waals surface area contributed by atoms with E-state index in [0.717, 1.165) is 24.0 Å². The number of phenols is 1. The molecule has 0 saturated heterocycles. The van der Waals surface area contributed by atoms with E-state index in [-0.39, 0.29) is 17.5 Å². The Morgan fingerprint density at radius 1 is 1.00 bits per heavy atom. The molecule has 1 fully saturated rings. The Morgan fingerprint density at radius 3 is 2.37 bits per heavy atom. The zero-order valence-electron chi connectivity index (χ0n) is 16.6. The summed E-state index contributed by atoms with van der Waals surface area (Å²) in [6.07, 6.45) is 7.86. The monoisotopic (exact) mass is 405 g/mol. The number of amides is 1. The lowest BCUT2D eigenvalue weighted by atomic mass is 9.87. The molecular weight excluding hydrogens is 381 g/mol. The largest absolute Gasteiger partial charge is 0.508 e. The van der Waals surface area contributed by atoms with Crippen molar-refractivity contribution in [3.05, 3.63) is 60.5 Å². The van der Waals surface area contributed by atoms with Crippen LogP contribution in [0.2, 0.25) is 0 Å². The summed E-state index contributed by atoms with van der Waals surface area (Å²) in [5, 5.41) is 12.5. The first-order valence-electron chi connectivity index (χ1n) is 10.3. The lowest BCUT2D eigenvalue weighted by Crippen LogP contribution is -2.19. The van der Waals surface area contributed by atoms with Crippen LogP contribution in [0.5, 0.6) is 5.75 Å². The zero-order chi connectivity index (χ0) is 20.9. The summed E-state index contributed by atoms with van der Waals surface area (Å²) < 4.78 is 13.3. The van der Waals surface area contributed by atoms with Crippen molar-refractivity contribution in [3.8, 4) is 28.3 Å². The van der Waals surface area contributed by atoms with E-state index in [4.69, 9.17) is 4.98 Å². The van der Waals surface area contributed by atoms with Crippen LogP contribution in [0.4, 0.5) is 10.2 Å². The molecule has 1 saturated carbocycles. The van der Waals surface area contributed by atoms with Crippen LogP contribution in [0.3, 0.4) is 0 Å². The second kappa shape index (κ2) is 9.03. The van der Waals surface area contributed by atoms with Crippen LogP contribution in [0.25, 0.3) is 22.5 Å². The van der Waals surface area contributed by atoms with Gasteiger partial charge in [0.25, 0.3) is 0 Å². The molecule has 4 rings (SSSR count). The predicted molar refractivity (Wildman–Crippen MR) is 114 cm³/mol. The number of nitrogens with zero attached hydrogens (tertiary/aromatic N) is 2. The van der Waals surface area contributed by atoms with E-state index in [1.807, 2.05) is 0 Å². The topological polar surface area (TPSA) is 75.1 Å². The maximum Gasteiger partial charge on any atom is 0.225 e. The number of aromatic nitrogens is 2. The minimum Gasteiger partial charge on any atom is -0.508 e. The van der Waals surface area contributed by atoms with Gasteiger partial charge in [-0.1, -0.05) is 19.3 Å². The average molecular weight is 405 g/mol. The Labute approximate surface area is 175 Å². The molecule has 0 spiro atoms. The van der Waals surface area contributed by atoms with E-state index in [2.05, 4.69) is 10.3 Å². The Balaban J connectivity index is 1.63. The first-order chi connectivity index (χ1) is 14.6. The van der Waals surface area contributed by atoms with E-state index in [0.29, 0.717) is 29.5 Å². The van der Waals surface area contributed by atoms with Gasteiger partial charge in [0.2, 0.25) is 5.91 Å². The fourth-order valence-electron chi connectivity index (χ4n) is 3.90. The molecule has 2 N–H and O–H groups in total. The molecule has 0 bridgehead atoms. The van der Waals surface area contributed by atoms with Crippen molar-refractivity contribution in [1.29, 1.82) is 0 Å². The van der Waals surface area contributed by atoms with Crippen molar-refractivity contribution >= 4 is 11.7 Å². The number of anilines is 1. The van der Waals surface area contributed by atoms with Crippen molar-refractivity contribution < 1.29 is 14.3 Å². The van der Waals surface area contributed by atoms with Gasteiger partial charge in [-0.3, -0.25) is 4.79 Å². The quantitative estimate of drug-likeness (QED) is 0.582. The van der Waals surface area contributed by atoms with Gasteiger partial charge in [-0.25, -0.2) is 14.4 Å². The standard InChI is InChI=1S/C24H24FN3O2/c25-19-10-6-17(7-11-19)21-15-26-24(23(27-21)18-8-12-20(29)13-9-18)28-22(30)14-16-4-2-1-3-5-16/h6-13,15-16,29H,1-5,14H2,(H,26,28,30). The highest BCUT2D eigenvalue weighted by Crippen LogP contribution is 2.30. The molecular formula is C24H24FN3O2. The van der Waals surface area contributed by atoms with Crippen molar-refractivity contribution in [1.82, 2.24) is 9.97 Å². The zero-order valence-corrected chi connectivity index (χ0v) is 16.6. The van der Waals surface area contributed by atoms with Crippen LogP contribution < -0.4 is 5.32 Å². The Hall–Kier alpha value is -3.28. The summed E-state index contributed by atoms with van der Waals surface area (Å²) in [4.78, 5) is 21.8. The van der Waals surface area contributed by atoms with Crippen molar-refractivity contribution in [2.75, 3.05) is 5.32 Å². The number of carbonyl (C=O) groups is 1. The lowest BCUT2D eigenvalue weighted by molar-refractivity contribution is -0.117. The molecule has 0 aliphatic heterocycles. The molecule has 2 aromatic carbocycles. The van der Waals surface area contributed by atoms with Gasteiger partial charge in [0.1, 0.15) is 17.3 Å². The third-order valence-corrected chi connectivity index (χ3v) is 5.51. The summed E-state index contributed by atoms with van der Waals surface area (Å²) in [5.41, 5.74) is 2.53. The van der Waals surface area contributed by atoms with Crippen LogP contribution >= 0.6 is 0 Å². The van der Waals surface area contributed by atoms with Gasteiger partial charge in [-0.15, -0.1) is 0 Å². The van der Waals surface area contributed by atoms with Gasteiger partial charge in [0, 0.05) is 17.5 Å². The normalized spacial score (nSPS) is 14.4. The van der Waals surface area contributed by atoms with Crippen LogP contribution in [0.1, 0.15) is 38.5 Å². The van der Waals surface area contributed by atoms with Crippen molar-refractivity contribution in [3.63, 3.8) is 0 Å². The highest BCUT2D eigenvalue weighted by Gasteiger charge is 2.19. The van der Waals surface area contributed by atoms with Gasteiger partial charge in [0.15, 0.2) is 5.82 Å². The first-order valence-corrected chi connectivity index (χ1v) is 10.3. The number of phenolic OH excluding ortho intramolecular Hbond substituents is 1. The molecule has 30 heavy (non-hydrogen) atoms. The van der Waals surface area contributed by atoms with Crippen LogP contribution in [0.15, 0.2) is 54.7 Å². The predicted octanol–water partition coefficient (Wildman–Crippen LogP) is 5.56. The molecule has 1 amide bonds. The molecule has 1 aromatic heterocycles. The number of hydrogen-bond donors (Lipinski definition) is 2. The molecule has 1 aliphatic rings. The highest BCUT2D eigenvalue weighted by atomic mass is 19.1. The van der Waals surface area contributed by atoms with Gasteiger partial charge >= 0.3 is 0 Å². The maximum atomic E-state index is 13.3. The van der Waals surface area contributed by atoms with E-state index in [9.17, 15) is 14.3 Å². The van der Waals surface area contributed by atoms with E-state index < -0.39 is 0 Å². The molecule has 1 heterocycles. The second-order valence-corrected chi connectivity index (χ2v) is 7.76. The summed E-state index contributed by atoms with van der Waals surface area (Å²) in [6, 6.07) is 12.6. The number of aromatic hydroxyl groups is 1. The molecule has 0 atom stereocenters. The molecule has 154 valence electrons. The fourth-order valence-corrected chi connectivity index (χ4v) is 3.90. The van der Waals surface area contributed by atoms with Crippen LogP contribution in [-0.4, -0.2) is 21.0 Å². The number of carbonyl (C=O) groups excluding carboxylic acids is 1. The molecule has 3 aromatic rings. The fraction of sp³-hybridized carbons (Fsp3) is 0.292. The number of hydrogen-bond acceptors (Lipinski definition) is 4. The molecule has 6 heteroatoms. The third-order valence-electron chi connectivity index (χ3n) is 5.51. The minimum atomic E-state index is -0.322. The van der Waals surface area contributed by atoms with Gasteiger partial charge in [0.05, 0.1) is 11.9 Å². The molecule has 5 nitrogen and oxygen atoms in total. The molecule has 1 aliphatic carbocycles. The number of rotatable bonds is 5. The molecule has 0 radical (unpaired) electrons. The van der Waals surface area contributed by atoms with Gasteiger partial charge in [-0.2, -0.15) is 0 Å². The Bertz CT molecular complexity index is 1010. The summed E-state index contributed by atoms with van der Waals surface area (Å²) in [5.74, 6) is 0.557. The minimum absolute atomic E-state index is 0.0641. The first kappa shape index (κ1) is 20.0. The Kier molecular flexibility index (Phi) is 6.02. The third kappa shape index (κ3) is 4.82. The Morgan fingerprint density at radius 2 is 1.67 bits per heavy atom. The van der Waals surface area contributed by atoms with Crippen LogP contribution in [0, 0.1) is 11.7 Å². The van der Waals surface area contributed by atoms with E-state index >= 15 is 0 Å². The maximum absolute atomic E-state index is 13.3. The van der Waals surface area contributed by atoms with E-state index in [1.54, 1.807) is 42.6 Å². The van der Waals surface area contributed by atoms with E-state index in [1.165, 1.54) is 31.4 Å². The summed E-state index contributed by atoms with van der Waals surface area (Å²) >= 11 is 0. The summed E-state index contributed by atoms with van der Waals surface area (Å²) in [6.45, 7) is 0. The number of benzene rings is 2. The number of halogens is 1. The molecule has 0 unspecified atom stereocenters. The van der Waals surface area contributed by atoms with Crippen molar-refractivity contribution in [2.45, 2.75) is 38.5 Å². The highest BCUT2D eigenvalue weighted by molar-refractivity contribution is 5.93. The van der Waals surface area contributed by atoms with Gasteiger partial charge in [-0.05, 0) is 67.3 Å². The van der Waals surface area contributed by atoms with Crippen LogP contribution in [-0.2, 0) is 4.79 Å². The van der Waals surface area contributed by atoms with Crippen molar-refractivity contribution in [2.24, 2.45) is 5.92 Å². The average Bonchev–Trinajstić information content (AvgIpc) is 2.76. The smallest absolute Gasteiger partial charge is 0.225 e. The lowest BCUT2D eigenvalue weighted by Gasteiger charge is -2.21. The SMILES string of the molecule is O=C(CC1CCCCC1)Nc1ncc(-c2ccc(F)cc2)nc1-c1ccc(O)cc1. The summed E-state index contributed by atoms with van der Waals surface area (Å²) in [7, 11) is 0. The second-order valence-electron chi connectivity index (χ2n) is 7.76. The van der Waals surface area contributed by atoms with Gasteiger partial charge < -0.3 is 10.4 Å².